The smallest absolute Gasteiger partial charge is 0.303 e. The Bertz CT molecular complexity index is 1210. The van der Waals surface area contributed by atoms with Gasteiger partial charge in [-0.1, -0.05) is 32.1 Å². The fourth-order valence-electron chi connectivity index (χ4n) is 5.35. The molecule has 3 heterocycles. The summed E-state index contributed by atoms with van der Waals surface area (Å²) in [5.74, 6) is 1.67. The Morgan fingerprint density at radius 3 is 2.56 bits per heavy atom. The molecule has 1 aliphatic heterocycles. The van der Waals surface area contributed by atoms with Gasteiger partial charge in [0.05, 0.1) is 6.33 Å². The lowest BCUT2D eigenvalue weighted by atomic mass is 9.95. The quantitative estimate of drug-likeness (QED) is 0.150. The van der Waals surface area contributed by atoms with Gasteiger partial charge >= 0.3 is 5.97 Å². The minimum Gasteiger partial charge on any atom is -0.481 e. The highest BCUT2D eigenvalue weighted by atomic mass is 32.2. The van der Waals surface area contributed by atoms with E-state index in [0.29, 0.717) is 12.0 Å². The lowest BCUT2D eigenvalue weighted by Gasteiger charge is -2.25. The topological polar surface area (TPSA) is 114 Å². The summed E-state index contributed by atoms with van der Waals surface area (Å²) >= 11 is 1.83. The van der Waals surface area contributed by atoms with Crippen molar-refractivity contribution in [3.8, 4) is 0 Å². The highest BCUT2D eigenvalue weighted by Crippen LogP contribution is 2.31. The van der Waals surface area contributed by atoms with Crippen LogP contribution in [0.2, 0.25) is 0 Å². The molecule has 3 N–H and O–H groups in total. The molecule has 1 atom stereocenters. The first-order chi connectivity index (χ1) is 19.2. The van der Waals surface area contributed by atoms with Gasteiger partial charge in [-0.15, -0.1) is 11.8 Å². The largest absolute Gasteiger partial charge is 0.481 e. The van der Waals surface area contributed by atoms with Crippen molar-refractivity contribution in [3.05, 3.63) is 30.6 Å². The van der Waals surface area contributed by atoms with E-state index in [9.17, 15) is 4.79 Å². The number of ether oxygens (including phenoxy) is 1. The number of carbonyl (C=O) groups is 1. The second-order valence-electron chi connectivity index (χ2n) is 10.6. The molecule has 2 aromatic heterocycles. The molecule has 1 saturated heterocycles. The third-order valence-corrected chi connectivity index (χ3v) is 8.60. The number of aliphatic carboxylic acids is 1. The number of imidazole rings is 1. The molecule has 0 bridgehead atoms. The molecule has 10 heteroatoms. The summed E-state index contributed by atoms with van der Waals surface area (Å²) in [6.07, 6.45) is 15.3. The zero-order valence-corrected chi connectivity index (χ0v) is 23.4. The second-order valence-corrected chi connectivity index (χ2v) is 11.7. The number of rotatable bonds is 13. The minimum atomic E-state index is -0.705. The van der Waals surface area contributed by atoms with Gasteiger partial charge in [-0.25, -0.2) is 4.98 Å². The summed E-state index contributed by atoms with van der Waals surface area (Å²) in [5.41, 5.74) is 2.54. The lowest BCUT2D eigenvalue weighted by molar-refractivity contribution is -0.137. The van der Waals surface area contributed by atoms with Crippen LogP contribution in [0.25, 0.3) is 11.2 Å². The first kappa shape index (κ1) is 27.7. The van der Waals surface area contributed by atoms with E-state index in [0.717, 1.165) is 92.8 Å². The van der Waals surface area contributed by atoms with Crippen molar-refractivity contribution in [2.24, 2.45) is 0 Å². The number of hydrogen-bond acceptors (Lipinski definition) is 8. The van der Waals surface area contributed by atoms with Crippen LogP contribution < -0.4 is 10.6 Å². The van der Waals surface area contributed by atoms with Crippen molar-refractivity contribution in [3.63, 3.8) is 0 Å². The summed E-state index contributed by atoms with van der Waals surface area (Å²) < 4.78 is 8.12. The maximum atomic E-state index is 10.6. The second kappa shape index (κ2) is 14.0. The Kier molecular flexibility index (Phi) is 9.93. The van der Waals surface area contributed by atoms with Crippen LogP contribution in [0.4, 0.5) is 17.5 Å². The number of benzene rings is 1. The Morgan fingerprint density at radius 1 is 1.00 bits per heavy atom. The average Bonchev–Trinajstić information content (AvgIpc) is 3.39. The van der Waals surface area contributed by atoms with Crippen LogP contribution in [0.3, 0.4) is 0 Å². The molecule has 2 fully saturated rings. The van der Waals surface area contributed by atoms with Gasteiger partial charge in [0.25, 0.3) is 0 Å². The number of hydrogen-bond donors (Lipinski definition) is 3. The van der Waals surface area contributed by atoms with Crippen molar-refractivity contribution >= 4 is 46.3 Å². The van der Waals surface area contributed by atoms with Gasteiger partial charge < -0.3 is 20.5 Å². The van der Waals surface area contributed by atoms with Crippen LogP contribution >= 0.6 is 11.8 Å². The number of fused-ring (bicyclic) bond motifs is 1. The fraction of sp³-hybridized carbons (Fsp3) is 0.586. The first-order valence-corrected chi connectivity index (χ1v) is 15.5. The first-order valence-electron chi connectivity index (χ1n) is 14.5. The number of thioether (sulfide) groups is 1. The molecule has 1 unspecified atom stereocenters. The summed E-state index contributed by atoms with van der Waals surface area (Å²) in [6.45, 7) is 0.767. The van der Waals surface area contributed by atoms with Crippen molar-refractivity contribution in [2.75, 3.05) is 23.0 Å². The van der Waals surface area contributed by atoms with Crippen LogP contribution in [0.5, 0.6) is 0 Å². The molecule has 0 radical (unpaired) electrons. The van der Waals surface area contributed by atoms with E-state index >= 15 is 0 Å². The lowest BCUT2D eigenvalue weighted by Crippen LogP contribution is -2.23. The van der Waals surface area contributed by atoms with Crippen LogP contribution in [0.15, 0.2) is 35.5 Å². The molecule has 0 spiro atoms. The van der Waals surface area contributed by atoms with Crippen molar-refractivity contribution in [1.29, 1.82) is 0 Å². The molecule has 1 aliphatic carbocycles. The van der Waals surface area contributed by atoms with Crippen LogP contribution in [-0.2, 0) is 9.53 Å². The van der Waals surface area contributed by atoms with Crippen molar-refractivity contribution < 1.29 is 14.6 Å². The molecule has 210 valence electrons. The number of anilines is 3. The van der Waals surface area contributed by atoms with E-state index in [2.05, 4.69) is 39.5 Å². The van der Waals surface area contributed by atoms with Gasteiger partial charge in [0.15, 0.2) is 17.0 Å². The van der Waals surface area contributed by atoms with Crippen LogP contribution in [0, 0.1) is 0 Å². The summed E-state index contributed by atoms with van der Waals surface area (Å²) in [7, 11) is 0. The summed E-state index contributed by atoms with van der Waals surface area (Å²) in [5, 5.41) is 15.8. The molecular weight excluding hydrogens is 512 g/mol. The molecule has 0 amide bonds. The van der Waals surface area contributed by atoms with Gasteiger partial charge in [-0.05, 0) is 75.0 Å². The normalized spacial score (nSPS) is 18.3. The van der Waals surface area contributed by atoms with Gasteiger partial charge in [-0.2, -0.15) is 9.97 Å². The summed E-state index contributed by atoms with van der Waals surface area (Å²) in [4.78, 5) is 26.3. The minimum absolute atomic E-state index is 0.0393. The predicted molar refractivity (Wildman–Crippen MR) is 156 cm³/mol. The number of carboxylic acid groups (broad SMARTS) is 1. The Balaban J connectivity index is 1.25. The van der Waals surface area contributed by atoms with E-state index in [-0.39, 0.29) is 12.6 Å². The van der Waals surface area contributed by atoms with Crippen molar-refractivity contribution in [1.82, 2.24) is 19.5 Å². The van der Waals surface area contributed by atoms with Crippen LogP contribution in [-0.4, -0.2) is 49.0 Å². The van der Waals surface area contributed by atoms with E-state index in [1.54, 1.807) is 0 Å². The van der Waals surface area contributed by atoms with E-state index in [4.69, 9.17) is 24.8 Å². The molecule has 2 aliphatic rings. The molecule has 1 saturated carbocycles. The third kappa shape index (κ3) is 7.85. The SMILES string of the molecule is O=C(O)CCCCCCSc1ccc(Nc2nc(NC3CCCCC3)c3ncn(C4CCCCO4)c3n2)cc1. The average molecular weight is 553 g/mol. The Labute approximate surface area is 234 Å². The maximum absolute atomic E-state index is 10.6. The van der Waals surface area contributed by atoms with Crippen molar-refractivity contribution in [2.45, 2.75) is 101 Å². The van der Waals surface area contributed by atoms with Gasteiger partial charge in [0, 0.05) is 29.7 Å². The number of carboxylic acids is 1. The zero-order chi connectivity index (χ0) is 26.9. The molecular formula is C29H40N6O3S. The number of aromatic nitrogens is 4. The molecule has 9 nitrogen and oxygen atoms in total. The number of nitrogens with zero attached hydrogens (tertiary/aromatic N) is 4. The van der Waals surface area contributed by atoms with Crippen LogP contribution in [0.1, 0.15) is 89.7 Å². The maximum Gasteiger partial charge on any atom is 0.303 e. The zero-order valence-electron chi connectivity index (χ0n) is 22.6. The van der Waals surface area contributed by atoms with Gasteiger partial charge in [0.2, 0.25) is 5.95 Å². The van der Waals surface area contributed by atoms with Gasteiger partial charge in [-0.3, -0.25) is 9.36 Å². The molecule has 5 rings (SSSR count). The monoisotopic (exact) mass is 552 g/mol. The van der Waals surface area contributed by atoms with E-state index < -0.39 is 5.97 Å². The Morgan fingerprint density at radius 2 is 1.79 bits per heavy atom. The highest BCUT2D eigenvalue weighted by Gasteiger charge is 2.23. The molecule has 3 aromatic rings. The number of nitrogens with one attached hydrogen (secondary N) is 2. The van der Waals surface area contributed by atoms with Gasteiger partial charge in [0.1, 0.15) is 6.23 Å². The molecule has 39 heavy (non-hydrogen) atoms. The predicted octanol–water partition coefficient (Wildman–Crippen LogP) is 7.14. The Hall–Kier alpha value is -2.85. The van der Waals surface area contributed by atoms with E-state index in [1.165, 1.54) is 24.2 Å². The summed E-state index contributed by atoms with van der Waals surface area (Å²) in [6, 6.07) is 8.79. The highest BCUT2D eigenvalue weighted by molar-refractivity contribution is 7.99. The van der Waals surface area contributed by atoms with E-state index in [1.807, 2.05) is 18.1 Å². The number of unbranched alkanes of at least 4 members (excludes halogenated alkanes) is 3. The molecule has 1 aromatic carbocycles. The third-order valence-electron chi connectivity index (χ3n) is 7.50. The standard InChI is InChI=1S/C29H40N6O3S/c36-25(37)13-6-1-2-9-19-39-23-16-14-22(15-17-23)32-29-33-27(31-21-10-4-3-5-11-21)26-28(34-29)35(20-30-26)24-12-7-8-18-38-24/h14-17,20-21,24H,1-13,18-19H2,(H,36,37)(H2,31,32,33,34). The fourth-order valence-corrected chi connectivity index (χ4v) is 6.27.